The Morgan fingerprint density at radius 1 is 1.03 bits per heavy atom. The van der Waals surface area contributed by atoms with Crippen LogP contribution in [-0.2, 0) is 6.18 Å². The molecular weight excluding hydrogens is 477 g/mol. The summed E-state index contributed by atoms with van der Waals surface area (Å²) in [6, 6.07) is 19.3. The fourth-order valence-electron chi connectivity index (χ4n) is 3.62. The van der Waals surface area contributed by atoms with Crippen LogP contribution in [0.3, 0.4) is 0 Å². The number of nitrogens with zero attached hydrogens (tertiary/aromatic N) is 2. The zero-order valence-corrected chi connectivity index (χ0v) is 19.1. The van der Waals surface area contributed by atoms with Crippen molar-refractivity contribution < 1.29 is 18.0 Å². The van der Waals surface area contributed by atoms with Gasteiger partial charge in [-0.2, -0.15) is 18.4 Å². The molecule has 2 N–H and O–H groups in total. The Bertz CT molecular complexity index is 1480. The number of alkyl halides is 3. The van der Waals surface area contributed by atoms with Crippen LogP contribution in [-0.4, -0.2) is 10.6 Å². The number of amides is 2. The van der Waals surface area contributed by atoms with E-state index in [2.05, 4.69) is 16.7 Å². The molecule has 1 heterocycles. The fourth-order valence-corrected chi connectivity index (χ4v) is 3.84. The van der Waals surface area contributed by atoms with Crippen LogP contribution in [0.2, 0.25) is 5.02 Å². The Balaban J connectivity index is 1.53. The van der Waals surface area contributed by atoms with Crippen LogP contribution in [0, 0.1) is 11.3 Å². The molecule has 0 aliphatic carbocycles. The number of carbonyl (C=O) groups excluding carboxylic acids is 1. The summed E-state index contributed by atoms with van der Waals surface area (Å²) in [6.07, 6.45) is -0.883. The lowest BCUT2D eigenvalue weighted by Crippen LogP contribution is -2.20. The summed E-state index contributed by atoms with van der Waals surface area (Å²) in [5.41, 5.74) is 2.65. The third-order valence-corrected chi connectivity index (χ3v) is 5.55. The smallest absolute Gasteiger partial charge is 0.316 e. The Hall–Kier alpha value is -4.22. The lowest BCUT2D eigenvalue weighted by atomic mass is 10.1. The van der Waals surface area contributed by atoms with Crippen LogP contribution >= 0.6 is 11.6 Å². The van der Waals surface area contributed by atoms with E-state index in [0.717, 1.165) is 34.3 Å². The number of rotatable bonds is 4. The summed E-state index contributed by atoms with van der Waals surface area (Å²) in [4.78, 5) is 12.3. The highest BCUT2D eigenvalue weighted by Crippen LogP contribution is 2.36. The predicted octanol–water partition coefficient (Wildman–Crippen LogP) is 7.87. The molecule has 0 saturated carbocycles. The van der Waals surface area contributed by atoms with Crippen LogP contribution in [0.4, 0.5) is 29.3 Å². The number of nitriles is 1. The van der Waals surface area contributed by atoms with Gasteiger partial charge in [0.2, 0.25) is 0 Å². The van der Waals surface area contributed by atoms with Gasteiger partial charge in [-0.3, -0.25) is 0 Å². The number of anilines is 2. The second-order valence-electron chi connectivity index (χ2n) is 7.73. The fraction of sp³-hybridized carbons (Fsp3) is 0.0769. The molecule has 0 fully saturated rings. The summed E-state index contributed by atoms with van der Waals surface area (Å²) < 4.78 is 41.1. The molecule has 0 aliphatic heterocycles. The van der Waals surface area contributed by atoms with Crippen molar-refractivity contribution in [1.29, 1.82) is 5.26 Å². The summed E-state index contributed by atoms with van der Waals surface area (Å²) >= 11 is 5.61. The number of hydrogen-bond acceptors (Lipinski definition) is 2. The number of allylic oxidation sites excluding steroid dienone is 1. The van der Waals surface area contributed by atoms with Crippen molar-refractivity contribution in [3.05, 3.63) is 94.6 Å². The maximum absolute atomic E-state index is 13.0. The molecule has 4 rings (SSSR count). The van der Waals surface area contributed by atoms with E-state index < -0.39 is 22.8 Å². The minimum absolute atomic E-state index is 0.0390. The van der Waals surface area contributed by atoms with Gasteiger partial charge in [0.05, 0.1) is 22.2 Å². The highest BCUT2D eigenvalue weighted by Gasteiger charge is 2.33. The molecule has 176 valence electrons. The van der Waals surface area contributed by atoms with E-state index in [4.69, 9.17) is 16.9 Å². The first kappa shape index (κ1) is 23.9. The topological polar surface area (TPSA) is 69.8 Å². The van der Waals surface area contributed by atoms with E-state index in [1.807, 2.05) is 41.1 Å². The second-order valence-corrected chi connectivity index (χ2v) is 8.14. The molecule has 3 aromatic carbocycles. The van der Waals surface area contributed by atoms with Crippen LogP contribution in [0.15, 0.2) is 78.5 Å². The molecule has 0 saturated heterocycles. The first-order valence-corrected chi connectivity index (χ1v) is 10.8. The summed E-state index contributed by atoms with van der Waals surface area (Å²) in [5, 5.41) is 14.7. The molecule has 1 aromatic heterocycles. The van der Waals surface area contributed by atoms with Gasteiger partial charge < -0.3 is 15.2 Å². The van der Waals surface area contributed by atoms with E-state index in [9.17, 15) is 18.0 Å². The monoisotopic (exact) mass is 494 g/mol. The van der Waals surface area contributed by atoms with Crippen molar-refractivity contribution in [2.45, 2.75) is 13.1 Å². The van der Waals surface area contributed by atoms with Gasteiger partial charge in [0, 0.05) is 39.8 Å². The number of nitrogens with one attached hydrogen (secondary N) is 2. The van der Waals surface area contributed by atoms with E-state index in [-0.39, 0.29) is 5.69 Å². The highest BCUT2D eigenvalue weighted by molar-refractivity contribution is 6.31. The Morgan fingerprint density at radius 2 is 1.69 bits per heavy atom. The largest absolute Gasteiger partial charge is 0.417 e. The number of carbonyl (C=O) groups is 1. The van der Waals surface area contributed by atoms with Crippen molar-refractivity contribution >= 4 is 46.0 Å². The van der Waals surface area contributed by atoms with Gasteiger partial charge in [-0.15, -0.1) is 0 Å². The zero-order chi connectivity index (χ0) is 25.2. The maximum Gasteiger partial charge on any atom is 0.417 e. The molecule has 0 unspecified atom stereocenters. The molecule has 0 bridgehead atoms. The first-order valence-electron chi connectivity index (χ1n) is 10.4. The van der Waals surface area contributed by atoms with Crippen molar-refractivity contribution in [3.63, 3.8) is 0 Å². The Kier molecular flexibility index (Phi) is 6.54. The molecule has 5 nitrogen and oxygen atoms in total. The zero-order valence-electron chi connectivity index (χ0n) is 18.3. The van der Waals surface area contributed by atoms with Crippen LogP contribution < -0.4 is 10.6 Å². The number of benzene rings is 3. The van der Waals surface area contributed by atoms with Crippen molar-refractivity contribution in [3.8, 4) is 11.8 Å². The lowest BCUT2D eigenvalue weighted by molar-refractivity contribution is -0.137. The van der Waals surface area contributed by atoms with E-state index in [0.29, 0.717) is 11.3 Å². The number of aromatic nitrogens is 1. The first-order chi connectivity index (χ1) is 16.7. The van der Waals surface area contributed by atoms with Gasteiger partial charge in [-0.25, -0.2) is 4.79 Å². The number of halogens is 4. The molecule has 2 amide bonds. The molecule has 0 aliphatic rings. The van der Waals surface area contributed by atoms with Gasteiger partial charge in [0.25, 0.3) is 0 Å². The summed E-state index contributed by atoms with van der Waals surface area (Å²) in [6.45, 7) is 1.74. The van der Waals surface area contributed by atoms with Crippen molar-refractivity contribution in [1.82, 2.24) is 4.57 Å². The third kappa shape index (κ3) is 5.31. The molecule has 0 radical (unpaired) electrons. The van der Waals surface area contributed by atoms with Crippen LogP contribution in [0.5, 0.6) is 0 Å². The SMILES string of the molecule is C/C(C#N)=C/c1cn(-c2ccc(NC(=O)Nc3ccc(Cl)c(C(F)(F)F)c3)cc2)c2ccccc12. The Labute approximate surface area is 204 Å². The molecule has 4 aromatic rings. The molecule has 0 spiro atoms. The number of para-hydroxylation sites is 1. The molecule has 0 atom stereocenters. The third-order valence-electron chi connectivity index (χ3n) is 5.22. The van der Waals surface area contributed by atoms with Crippen LogP contribution in [0.25, 0.3) is 22.7 Å². The van der Waals surface area contributed by atoms with Gasteiger partial charge in [0.1, 0.15) is 0 Å². The van der Waals surface area contributed by atoms with E-state index >= 15 is 0 Å². The van der Waals surface area contributed by atoms with Gasteiger partial charge in [-0.05, 0) is 61.5 Å². The number of fused-ring (bicyclic) bond motifs is 1. The molecule has 9 heteroatoms. The quantitative estimate of drug-likeness (QED) is 0.283. The molecule has 35 heavy (non-hydrogen) atoms. The summed E-state index contributed by atoms with van der Waals surface area (Å²) in [5.74, 6) is 0. The predicted molar refractivity (Wildman–Crippen MR) is 132 cm³/mol. The molecular formula is C26H18ClF3N4O. The lowest BCUT2D eigenvalue weighted by Gasteiger charge is -2.13. The van der Waals surface area contributed by atoms with E-state index in [1.165, 1.54) is 6.07 Å². The Morgan fingerprint density at radius 3 is 2.37 bits per heavy atom. The minimum atomic E-state index is -4.63. The normalized spacial score (nSPS) is 11.8. The van der Waals surface area contributed by atoms with E-state index in [1.54, 1.807) is 31.2 Å². The number of urea groups is 1. The average molecular weight is 495 g/mol. The number of hydrogen-bond donors (Lipinski definition) is 2. The van der Waals surface area contributed by atoms with Gasteiger partial charge in [-0.1, -0.05) is 29.8 Å². The average Bonchev–Trinajstić information content (AvgIpc) is 3.18. The van der Waals surface area contributed by atoms with Crippen LogP contribution in [0.1, 0.15) is 18.1 Å². The van der Waals surface area contributed by atoms with Crippen molar-refractivity contribution in [2.24, 2.45) is 0 Å². The standard InChI is InChI=1S/C26H18ClF3N4O/c1-16(14-31)12-17-15-34(24-5-3-2-4-21(17)24)20-9-6-18(7-10-20)32-25(35)33-19-8-11-23(27)22(13-19)26(28,29)30/h2-13,15H,1H3,(H2,32,33,35)/b16-12-. The minimum Gasteiger partial charge on any atom is -0.316 e. The van der Waals surface area contributed by atoms with Gasteiger partial charge >= 0.3 is 12.2 Å². The highest BCUT2D eigenvalue weighted by atomic mass is 35.5. The summed E-state index contributed by atoms with van der Waals surface area (Å²) in [7, 11) is 0. The maximum atomic E-state index is 13.0. The van der Waals surface area contributed by atoms with Gasteiger partial charge in [0.15, 0.2) is 0 Å². The van der Waals surface area contributed by atoms with Crippen molar-refractivity contribution in [2.75, 3.05) is 10.6 Å². The second kappa shape index (κ2) is 9.57.